The first-order valence-corrected chi connectivity index (χ1v) is 5.62. The second kappa shape index (κ2) is 7.14. The van der Waals surface area contributed by atoms with Crippen LogP contribution in [0.4, 0.5) is 0 Å². The third kappa shape index (κ3) is 4.90. The highest BCUT2D eigenvalue weighted by atomic mass is 16.3. The first kappa shape index (κ1) is 12.9. The second-order valence-electron chi connectivity index (χ2n) is 4.16. The molecule has 5 heteroatoms. The van der Waals surface area contributed by atoms with Gasteiger partial charge in [-0.15, -0.1) is 0 Å². The van der Waals surface area contributed by atoms with Crippen LogP contribution in [0.3, 0.4) is 0 Å². The van der Waals surface area contributed by atoms with Gasteiger partial charge >= 0.3 is 0 Å². The van der Waals surface area contributed by atoms with Crippen molar-refractivity contribution in [3.8, 4) is 0 Å². The van der Waals surface area contributed by atoms with Crippen molar-refractivity contribution in [1.82, 2.24) is 15.1 Å². The van der Waals surface area contributed by atoms with Gasteiger partial charge in [0.25, 0.3) is 0 Å². The summed E-state index contributed by atoms with van der Waals surface area (Å²) in [5.41, 5.74) is 0. The standard InChI is InChI=1S/C10H23N3O2/c1-12-4-6-13(7-5-12)3-2-11-10(8-14)9-15/h10-11,14-15H,2-9H2,1H3. The van der Waals surface area contributed by atoms with Gasteiger partial charge in [-0.3, -0.25) is 4.90 Å². The summed E-state index contributed by atoms with van der Waals surface area (Å²) >= 11 is 0. The Labute approximate surface area is 91.7 Å². The molecular formula is C10H23N3O2. The van der Waals surface area contributed by atoms with E-state index in [4.69, 9.17) is 10.2 Å². The highest BCUT2D eigenvalue weighted by Crippen LogP contribution is 1.97. The number of piperazine rings is 1. The molecule has 0 saturated carbocycles. The molecule has 0 aromatic carbocycles. The lowest BCUT2D eigenvalue weighted by Gasteiger charge is -2.32. The van der Waals surface area contributed by atoms with Crippen LogP contribution in [0.5, 0.6) is 0 Å². The third-order valence-electron chi connectivity index (χ3n) is 2.90. The average molecular weight is 217 g/mol. The highest BCUT2D eigenvalue weighted by molar-refractivity contribution is 4.71. The van der Waals surface area contributed by atoms with Crippen molar-refractivity contribution in [1.29, 1.82) is 0 Å². The number of hydrogen-bond donors (Lipinski definition) is 3. The molecule has 0 unspecified atom stereocenters. The van der Waals surface area contributed by atoms with Crippen LogP contribution in [-0.2, 0) is 0 Å². The van der Waals surface area contributed by atoms with Crippen molar-refractivity contribution in [3.63, 3.8) is 0 Å². The molecule has 1 rings (SSSR count). The van der Waals surface area contributed by atoms with Crippen LogP contribution >= 0.6 is 0 Å². The van der Waals surface area contributed by atoms with Crippen molar-refractivity contribution in [2.45, 2.75) is 6.04 Å². The van der Waals surface area contributed by atoms with Crippen LogP contribution in [0.15, 0.2) is 0 Å². The summed E-state index contributed by atoms with van der Waals surface area (Å²) in [6.07, 6.45) is 0. The summed E-state index contributed by atoms with van der Waals surface area (Å²) in [5, 5.41) is 20.8. The summed E-state index contributed by atoms with van der Waals surface area (Å²) in [6, 6.07) is -0.169. The first-order valence-electron chi connectivity index (χ1n) is 5.62. The third-order valence-corrected chi connectivity index (χ3v) is 2.90. The van der Waals surface area contributed by atoms with E-state index < -0.39 is 0 Å². The van der Waals surface area contributed by atoms with Crippen molar-refractivity contribution in [2.24, 2.45) is 0 Å². The minimum Gasteiger partial charge on any atom is -0.395 e. The van der Waals surface area contributed by atoms with Crippen LogP contribution in [0.25, 0.3) is 0 Å². The van der Waals surface area contributed by atoms with Gasteiger partial charge in [0.05, 0.1) is 19.3 Å². The molecule has 0 spiro atoms. The zero-order valence-corrected chi connectivity index (χ0v) is 9.52. The van der Waals surface area contributed by atoms with Crippen LogP contribution in [0, 0.1) is 0 Å². The Morgan fingerprint density at radius 2 is 1.73 bits per heavy atom. The molecule has 0 aromatic rings. The van der Waals surface area contributed by atoms with Gasteiger partial charge in [0.2, 0.25) is 0 Å². The molecule has 0 atom stereocenters. The lowest BCUT2D eigenvalue weighted by molar-refractivity contribution is 0.141. The molecule has 3 N–H and O–H groups in total. The van der Waals surface area contributed by atoms with E-state index in [-0.39, 0.29) is 19.3 Å². The average Bonchev–Trinajstić information content (AvgIpc) is 2.27. The second-order valence-corrected chi connectivity index (χ2v) is 4.16. The van der Waals surface area contributed by atoms with Crippen LogP contribution in [0.2, 0.25) is 0 Å². The van der Waals surface area contributed by atoms with E-state index in [2.05, 4.69) is 22.2 Å². The summed E-state index contributed by atoms with van der Waals surface area (Å²) < 4.78 is 0. The number of hydrogen-bond acceptors (Lipinski definition) is 5. The SMILES string of the molecule is CN1CCN(CCNC(CO)CO)CC1. The van der Waals surface area contributed by atoms with E-state index >= 15 is 0 Å². The van der Waals surface area contributed by atoms with Crippen molar-refractivity contribution in [3.05, 3.63) is 0 Å². The van der Waals surface area contributed by atoms with Gasteiger partial charge in [0, 0.05) is 39.3 Å². The van der Waals surface area contributed by atoms with Gasteiger partial charge in [-0.05, 0) is 7.05 Å². The van der Waals surface area contributed by atoms with Gasteiger partial charge in [-0.2, -0.15) is 0 Å². The molecule has 0 aromatic heterocycles. The van der Waals surface area contributed by atoms with Gasteiger partial charge < -0.3 is 20.4 Å². The number of nitrogens with zero attached hydrogens (tertiary/aromatic N) is 2. The highest BCUT2D eigenvalue weighted by Gasteiger charge is 2.13. The molecule has 1 aliphatic rings. The van der Waals surface area contributed by atoms with Crippen LogP contribution < -0.4 is 5.32 Å². The lowest BCUT2D eigenvalue weighted by Crippen LogP contribution is -2.48. The molecule has 1 saturated heterocycles. The molecule has 1 heterocycles. The molecule has 90 valence electrons. The van der Waals surface area contributed by atoms with E-state index in [0.717, 1.165) is 39.3 Å². The monoisotopic (exact) mass is 217 g/mol. The molecular weight excluding hydrogens is 194 g/mol. The molecule has 15 heavy (non-hydrogen) atoms. The van der Waals surface area contributed by atoms with Crippen LogP contribution in [0.1, 0.15) is 0 Å². The largest absolute Gasteiger partial charge is 0.395 e. The first-order chi connectivity index (χ1) is 7.26. The maximum Gasteiger partial charge on any atom is 0.0607 e. The van der Waals surface area contributed by atoms with Crippen LogP contribution in [-0.4, -0.2) is 85.6 Å². The fourth-order valence-corrected chi connectivity index (χ4v) is 1.69. The van der Waals surface area contributed by atoms with E-state index in [1.165, 1.54) is 0 Å². The Balaban J connectivity index is 2.04. The van der Waals surface area contributed by atoms with Gasteiger partial charge in [0.1, 0.15) is 0 Å². The summed E-state index contributed by atoms with van der Waals surface area (Å²) in [6.45, 7) is 6.30. The van der Waals surface area contributed by atoms with Gasteiger partial charge in [0.15, 0.2) is 0 Å². The van der Waals surface area contributed by atoms with Gasteiger partial charge in [-0.25, -0.2) is 0 Å². The maximum atomic E-state index is 8.85. The molecule has 1 aliphatic heterocycles. The molecule has 0 amide bonds. The Hall–Kier alpha value is -0.200. The maximum absolute atomic E-state index is 8.85. The minimum atomic E-state index is -0.169. The summed E-state index contributed by atoms with van der Waals surface area (Å²) in [5.74, 6) is 0. The number of nitrogens with one attached hydrogen (secondary N) is 1. The quantitative estimate of drug-likeness (QED) is 0.489. The number of aliphatic hydroxyl groups excluding tert-OH is 2. The molecule has 0 radical (unpaired) electrons. The number of rotatable bonds is 6. The molecule has 5 nitrogen and oxygen atoms in total. The zero-order valence-electron chi connectivity index (χ0n) is 9.52. The number of aliphatic hydroxyl groups is 2. The van der Waals surface area contributed by atoms with Gasteiger partial charge in [-0.1, -0.05) is 0 Å². The fraction of sp³-hybridized carbons (Fsp3) is 1.00. The Kier molecular flexibility index (Phi) is 6.12. The van der Waals surface area contributed by atoms with E-state index in [0.29, 0.717) is 0 Å². The molecule has 0 bridgehead atoms. The fourth-order valence-electron chi connectivity index (χ4n) is 1.69. The Morgan fingerprint density at radius 1 is 1.13 bits per heavy atom. The normalized spacial score (nSPS) is 20.0. The van der Waals surface area contributed by atoms with E-state index in [9.17, 15) is 0 Å². The zero-order chi connectivity index (χ0) is 11.1. The van der Waals surface area contributed by atoms with Crippen molar-refractivity contribution in [2.75, 3.05) is 59.5 Å². The Bertz CT molecular complexity index is 157. The van der Waals surface area contributed by atoms with E-state index in [1.54, 1.807) is 0 Å². The summed E-state index contributed by atoms with van der Waals surface area (Å²) in [4.78, 5) is 4.73. The molecule has 0 aliphatic carbocycles. The summed E-state index contributed by atoms with van der Waals surface area (Å²) in [7, 11) is 2.14. The lowest BCUT2D eigenvalue weighted by atomic mass is 10.3. The van der Waals surface area contributed by atoms with Crippen molar-refractivity contribution < 1.29 is 10.2 Å². The van der Waals surface area contributed by atoms with E-state index in [1.807, 2.05) is 0 Å². The minimum absolute atomic E-state index is 0.000756. The number of likely N-dealkylation sites (N-methyl/N-ethyl adjacent to an activating group) is 1. The molecule has 1 fully saturated rings. The predicted molar refractivity (Wildman–Crippen MR) is 59.9 cm³/mol. The smallest absolute Gasteiger partial charge is 0.0607 e. The topological polar surface area (TPSA) is 59.0 Å². The predicted octanol–water partition coefficient (Wildman–Crippen LogP) is -1.82. The Morgan fingerprint density at radius 3 is 2.27 bits per heavy atom. The van der Waals surface area contributed by atoms with Crippen molar-refractivity contribution >= 4 is 0 Å².